The molecule has 0 aliphatic carbocycles. The summed E-state index contributed by atoms with van der Waals surface area (Å²) in [6.07, 6.45) is 12.9. The highest BCUT2D eigenvalue weighted by Gasteiger charge is 1.63. The molecule has 0 aromatic carbocycles. The molecule has 0 saturated carbocycles. The molecule has 0 radical (unpaired) electrons. The van der Waals surface area contributed by atoms with Crippen LogP contribution < -0.4 is 5.32 Å². The molecule has 0 amide bonds. The first kappa shape index (κ1) is 9.02. The van der Waals surface area contributed by atoms with Crippen LogP contribution in [0.2, 0.25) is 0 Å². The largest absolute Gasteiger partial charge is 0.368 e. The first-order valence-corrected chi connectivity index (χ1v) is 3.60. The van der Waals surface area contributed by atoms with Crippen LogP contribution in [0.25, 0.3) is 0 Å². The van der Waals surface area contributed by atoms with Gasteiger partial charge in [-0.2, -0.15) is 0 Å². The second-order valence-corrected chi connectivity index (χ2v) is 1.86. The molecule has 0 rings (SSSR count). The summed E-state index contributed by atoms with van der Waals surface area (Å²) in [6.45, 7) is 4.10. The third-order valence-corrected chi connectivity index (χ3v) is 0.946. The first-order valence-electron chi connectivity index (χ1n) is 3.60. The van der Waals surface area contributed by atoms with Crippen molar-refractivity contribution in [3.05, 3.63) is 36.7 Å². The minimum atomic E-state index is 1.07. The molecule has 1 heteroatoms. The summed E-state index contributed by atoms with van der Waals surface area (Å²) in [5.74, 6) is 0. The number of allylic oxidation sites excluding steroid dienone is 4. The predicted molar refractivity (Wildman–Crippen MR) is 46.5 cm³/mol. The average Bonchev–Trinajstić information content (AvgIpc) is 1.97. The van der Waals surface area contributed by atoms with Gasteiger partial charge >= 0.3 is 0 Å². The quantitative estimate of drug-likeness (QED) is 0.587. The summed E-state index contributed by atoms with van der Waals surface area (Å²) in [5.41, 5.74) is 0. The zero-order chi connectivity index (χ0) is 7.66. The second-order valence-electron chi connectivity index (χ2n) is 1.86. The van der Waals surface area contributed by atoms with Crippen molar-refractivity contribution in [1.29, 1.82) is 0 Å². The van der Waals surface area contributed by atoms with E-state index in [0.29, 0.717) is 0 Å². The zero-order valence-corrected chi connectivity index (χ0v) is 6.67. The summed E-state index contributed by atoms with van der Waals surface area (Å²) < 4.78 is 0. The van der Waals surface area contributed by atoms with E-state index >= 15 is 0 Å². The maximum absolute atomic E-state index is 3.01. The van der Waals surface area contributed by atoms with Gasteiger partial charge in [-0.15, -0.1) is 0 Å². The molecule has 0 aliphatic rings. The predicted octanol–water partition coefficient (Wildman–Crippen LogP) is 2.59. The van der Waals surface area contributed by atoms with Crippen molar-refractivity contribution in [2.45, 2.75) is 20.3 Å². The molecule has 0 aromatic heterocycles. The Morgan fingerprint density at radius 3 is 2.60 bits per heavy atom. The fourth-order valence-electron chi connectivity index (χ4n) is 0.464. The monoisotopic (exact) mass is 137 g/mol. The average molecular weight is 137 g/mol. The summed E-state index contributed by atoms with van der Waals surface area (Å²) in [7, 11) is 0. The SMILES string of the molecule is C/C=C\C=C/N/C=C/CC. The van der Waals surface area contributed by atoms with Gasteiger partial charge in [0.15, 0.2) is 0 Å². The molecule has 1 nitrogen and oxygen atoms in total. The third-order valence-electron chi connectivity index (χ3n) is 0.946. The first-order chi connectivity index (χ1) is 4.91. The van der Waals surface area contributed by atoms with Crippen molar-refractivity contribution in [2.75, 3.05) is 0 Å². The van der Waals surface area contributed by atoms with Crippen LogP contribution in [0.4, 0.5) is 0 Å². The minimum absolute atomic E-state index is 1.07. The van der Waals surface area contributed by atoms with Gasteiger partial charge in [0.1, 0.15) is 0 Å². The summed E-state index contributed by atoms with van der Waals surface area (Å²) >= 11 is 0. The lowest BCUT2D eigenvalue weighted by molar-refractivity contribution is 1.13. The highest BCUT2D eigenvalue weighted by atomic mass is 14.8. The molecule has 0 bridgehead atoms. The van der Waals surface area contributed by atoms with E-state index in [2.05, 4.69) is 18.3 Å². The molecule has 0 saturated heterocycles. The number of hydrogen-bond donors (Lipinski definition) is 1. The zero-order valence-electron chi connectivity index (χ0n) is 6.67. The Bertz CT molecular complexity index is 132. The standard InChI is InChI=1S/C9H15N/c1-3-5-7-9-10-8-6-4-2/h3,5-10H,4H2,1-2H3/b5-3-,8-6+,9-7-. The van der Waals surface area contributed by atoms with E-state index in [1.165, 1.54) is 0 Å². The lowest BCUT2D eigenvalue weighted by Crippen LogP contribution is -1.89. The van der Waals surface area contributed by atoms with Gasteiger partial charge < -0.3 is 5.32 Å². The molecule has 0 unspecified atom stereocenters. The van der Waals surface area contributed by atoms with Gasteiger partial charge in [0.25, 0.3) is 0 Å². The van der Waals surface area contributed by atoms with Gasteiger partial charge in [0.05, 0.1) is 0 Å². The van der Waals surface area contributed by atoms with Crippen LogP contribution in [0.1, 0.15) is 20.3 Å². The van der Waals surface area contributed by atoms with Crippen molar-refractivity contribution in [3.8, 4) is 0 Å². The summed E-state index contributed by atoms with van der Waals surface area (Å²) in [6, 6.07) is 0. The highest BCUT2D eigenvalue weighted by Crippen LogP contribution is 1.76. The fourth-order valence-corrected chi connectivity index (χ4v) is 0.464. The molecule has 0 spiro atoms. The topological polar surface area (TPSA) is 12.0 Å². The van der Waals surface area contributed by atoms with Gasteiger partial charge in [0.2, 0.25) is 0 Å². The van der Waals surface area contributed by atoms with Crippen molar-refractivity contribution >= 4 is 0 Å². The van der Waals surface area contributed by atoms with E-state index in [0.717, 1.165) is 6.42 Å². The smallest absolute Gasteiger partial charge is 0.000418 e. The van der Waals surface area contributed by atoms with Crippen LogP contribution in [0, 0.1) is 0 Å². The van der Waals surface area contributed by atoms with E-state index in [-0.39, 0.29) is 0 Å². The van der Waals surface area contributed by atoms with E-state index in [1.54, 1.807) is 0 Å². The van der Waals surface area contributed by atoms with E-state index < -0.39 is 0 Å². The Balaban J connectivity index is 3.26. The Morgan fingerprint density at radius 2 is 2.00 bits per heavy atom. The number of hydrogen-bond acceptors (Lipinski definition) is 1. The number of rotatable bonds is 4. The molecule has 0 atom stereocenters. The number of nitrogens with one attached hydrogen (secondary N) is 1. The van der Waals surface area contributed by atoms with Crippen LogP contribution in [-0.2, 0) is 0 Å². The van der Waals surface area contributed by atoms with Crippen LogP contribution in [0.15, 0.2) is 36.7 Å². The Kier molecular flexibility index (Phi) is 7.23. The molecule has 56 valence electrons. The molecular weight excluding hydrogens is 122 g/mol. The lowest BCUT2D eigenvalue weighted by Gasteiger charge is -1.84. The van der Waals surface area contributed by atoms with Crippen LogP contribution >= 0.6 is 0 Å². The minimum Gasteiger partial charge on any atom is -0.368 e. The van der Waals surface area contributed by atoms with Crippen LogP contribution in [0.3, 0.4) is 0 Å². The van der Waals surface area contributed by atoms with Gasteiger partial charge in [-0.05, 0) is 25.6 Å². The van der Waals surface area contributed by atoms with E-state index in [9.17, 15) is 0 Å². The van der Waals surface area contributed by atoms with Gasteiger partial charge in [-0.3, -0.25) is 0 Å². The third kappa shape index (κ3) is 7.02. The Labute approximate surface area is 63.1 Å². The molecule has 0 fully saturated rings. The maximum Gasteiger partial charge on any atom is 0.000418 e. The van der Waals surface area contributed by atoms with E-state index in [4.69, 9.17) is 0 Å². The Morgan fingerprint density at radius 1 is 1.20 bits per heavy atom. The molecule has 0 aliphatic heterocycles. The van der Waals surface area contributed by atoms with Crippen molar-refractivity contribution in [1.82, 2.24) is 5.32 Å². The molecule has 0 heterocycles. The summed E-state index contributed by atoms with van der Waals surface area (Å²) in [5, 5.41) is 3.01. The molecule has 1 N–H and O–H groups in total. The normalized spacial score (nSPS) is 12.2. The van der Waals surface area contributed by atoms with E-state index in [1.807, 2.05) is 37.6 Å². The Hall–Kier alpha value is -0.980. The van der Waals surface area contributed by atoms with Gasteiger partial charge in [-0.25, -0.2) is 0 Å². The van der Waals surface area contributed by atoms with Gasteiger partial charge in [0, 0.05) is 6.20 Å². The summed E-state index contributed by atoms with van der Waals surface area (Å²) in [4.78, 5) is 0. The van der Waals surface area contributed by atoms with Crippen molar-refractivity contribution in [3.63, 3.8) is 0 Å². The molecule has 10 heavy (non-hydrogen) atoms. The van der Waals surface area contributed by atoms with Crippen molar-refractivity contribution < 1.29 is 0 Å². The second kappa shape index (κ2) is 8.02. The maximum atomic E-state index is 3.01. The molecular formula is C9H15N. The van der Waals surface area contributed by atoms with Crippen molar-refractivity contribution in [2.24, 2.45) is 0 Å². The highest BCUT2D eigenvalue weighted by molar-refractivity contribution is 5.01. The fraction of sp³-hybridized carbons (Fsp3) is 0.333. The van der Waals surface area contributed by atoms with Crippen LogP contribution in [-0.4, -0.2) is 0 Å². The molecule has 0 aromatic rings. The van der Waals surface area contributed by atoms with Gasteiger partial charge in [-0.1, -0.05) is 25.2 Å². The lowest BCUT2D eigenvalue weighted by atomic mass is 10.5. The van der Waals surface area contributed by atoms with Crippen LogP contribution in [0.5, 0.6) is 0 Å².